The summed E-state index contributed by atoms with van der Waals surface area (Å²) in [5.74, 6) is 1.46. The Bertz CT molecular complexity index is 575. The Kier molecular flexibility index (Phi) is 5.15. The number of benzene rings is 1. The van der Waals surface area contributed by atoms with E-state index in [1.54, 1.807) is 36.5 Å². The topological polar surface area (TPSA) is 60.5 Å². The molecule has 0 saturated heterocycles. The Morgan fingerprint density at radius 1 is 1.10 bits per heavy atom. The number of amides is 1. The van der Waals surface area contributed by atoms with Gasteiger partial charge in [-0.3, -0.25) is 4.79 Å². The van der Waals surface area contributed by atoms with Crippen molar-refractivity contribution in [1.82, 2.24) is 4.98 Å². The summed E-state index contributed by atoms with van der Waals surface area (Å²) in [6, 6.07) is 10.5. The lowest BCUT2D eigenvalue weighted by molar-refractivity contribution is 0.102. The van der Waals surface area contributed by atoms with Crippen LogP contribution in [0.25, 0.3) is 0 Å². The number of pyridine rings is 1. The zero-order chi connectivity index (χ0) is 15.1. The third-order valence-electron chi connectivity index (χ3n) is 2.67. The highest BCUT2D eigenvalue weighted by molar-refractivity contribution is 6.04. The minimum atomic E-state index is -0.254. The molecule has 0 radical (unpaired) electrons. The molecule has 1 heterocycles. The average molecular weight is 286 g/mol. The van der Waals surface area contributed by atoms with Gasteiger partial charge in [0, 0.05) is 17.8 Å². The van der Waals surface area contributed by atoms with Gasteiger partial charge in [-0.25, -0.2) is 4.98 Å². The van der Waals surface area contributed by atoms with Crippen LogP contribution in [0.5, 0.6) is 11.5 Å². The summed E-state index contributed by atoms with van der Waals surface area (Å²) in [6.45, 7) is 4.83. The minimum Gasteiger partial charge on any atom is -0.494 e. The van der Waals surface area contributed by atoms with Gasteiger partial charge in [0.05, 0.1) is 13.2 Å². The van der Waals surface area contributed by atoms with Gasteiger partial charge in [-0.1, -0.05) is 6.07 Å². The second-order valence-electron chi connectivity index (χ2n) is 4.23. The highest BCUT2D eigenvalue weighted by Crippen LogP contribution is 2.23. The molecule has 0 unspecified atom stereocenters. The van der Waals surface area contributed by atoms with E-state index in [0.29, 0.717) is 36.1 Å². The van der Waals surface area contributed by atoms with Crippen molar-refractivity contribution in [3.8, 4) is 11.5 Å². The lowest BCUT2D eigenvalue weighted by atomic mass is 10.2. The fraction of sp³-hybridized carbons (Fsp3) is 0.250. The van der Waals surface area contributed by atoms with Crippen molar-refractivity contribution in [3.05, 3.63) is 48.2 Å². The number of carbonyl (C=O) groups excluding carboxylic acids is 1. The summed E-state index contributed by atoms with van der Waals surface area (Å²) in [5, 5.41) is 2.74. The molecule has 0 bridgehead atoms. The number of ether oxygens (including phenoxy) is 2. The molecule has 1 aromatic carbocycles. The van der Waals surface area contributed by atoms with Crippen molar-refractivity contribution in [2.24, 2.45) is 0 Å². The van der Waals surface area contributed by atoms with Crippen molar-refractivity contribution in [2.45, 2.75) is 13.8 Å². The van der Waals surface area contributed by atoms with Gasteiger partial charge in [-0.15, -0.1) is 0 Å². The monoisotopic (exact) mass is 286 g/mol. The molecule has 5 heteroatoms. The largest absolute Gasteiger partial charge is 0.494 e. The maximum atomic E-state index is 12.3. The molecule has 21 heavy (non-hydrogen) atoms. The van der Waals surface area contributed by atoms with E-state index < -0.39 is 0 Å². The Labute approximate surface area is 123 Å². The van der Waals surface area contributed by atoms with Crippen LogP contribution in [0.4, 0.5) is 5.82 Å². The summed E-state index contributed by atoms with van der Waals surface area (Å²) < 4.78 is 10.9. The molecule has 0 atom stereocenters. The van der Waals surface area contributed by atoms with E-state index in [1.807, 2.05) is 19.9 Å². The van der Waals surface area contributed by atoms with Crippen molar-refractivity contribution < 1.29 is 14.3 Å². The first-order valence-corrected chi connectivity index (χ1v) is 6.86. The van der Waals surface area contributed by atoms with Gasteiger partial charge < -0.3 is 14.8 Å². The Balaban J connectivity index is 2.22. The number of hydrogen-bond donors (Lipinski definition) is 1. The number of carbonyl (C=O) groups is 1. The molecule has 0 aliphatic heterocycles. The maximum Gasteiger partial charge on any atom is 0.257 e. The van der Waals surface area contributed by atoms with Gasteiger partial charge in [0.2, 0.25) is 0 Å². The fourth-order valence-corrected chi connectivity index (χ4v) is 1.83. The summed E-state index contributed by atoms with van der Waals surface area (Å²) in [4.78, 5) is 16.3. The zero-order valence-electron chi connectivity index (χ0n) is 12.1. The summed E-state index contributed by atoms with van der Waals surface area (Å²) in [6.07, 6.45) is 1.62. The quantitative estimate of drug-likeness (QED) is 0.886. The molecule has 0 saturated carbocycles. The number of anilines is 1. The lowest BCUT2D eigenvalue weighted by Gasteiger charge is -2.10. The van der Waals surface area contributed by atoms with Gasteiger partial charge in [0.25, 0.3) is 5.91 Å². The minimum absolute atomic E-state index is 0.254. The van der Waals surface area contributed by atoms with Crippen LogP contribution in [0.15, 0.2) is 42.6 Å². The number of nitrogens with zero attached hydrogens (tertiary/aromatic N) is 1. The molecule has 0 aliphatic carbocycles. The summed E-state index contributed by atoms with van der Waals surface area (Å²) in [5.41, 5.74) is 0.468. The van der Waals surface area contributed by atoms with Crippen molar-refractivity contribution in [3.63, 3.8) is 0 Å². The standard InChI is InChI=1S/C16H18N2O3/c1-3-20-13-9-12(10-14(11-13)21-4-2)16(19)18-15-7-5-6-8-17-15/h5-11H,3-4H2,1-2H3,(H,17,18,19). The second kappa shape index (κ2) is 7.28. The van der Waals surface area contributed by atoms with E-state index in [2.05, 4.69) is 10.3 Å². The average Bonchev–Trinajstić information content (AvgIpc) is 2.49. The smallest absolute Gasteiger partial charge is 0.257 e. The SMILES string of the molecule is CCOc1cc(OCC)cc(C(=O)Nc2ccccn2)c1. The lowest BCUT2D eigenvalue weighted by Crippen LogP contribution is -2.13. The molecule has 2 aromatic rings. The number of rotatable bonds is 6. The van der Waals surface area contributed by atoms with Gasteiger partial charge in [0.1, 0.15) is 17.3 Å². The van der Waals surface area contributed by atoms with Crippen molar-refractivity contribution in [2.75, 3.05) is 18.5 Å². The number of nitrogens with one attached hydrogen (secondary N) is 1. The molecule has 0 aliphatic rings. The van der Waals surface area contributed by atoms with E-state index in [0.717, 1.165) is 0 Å². The Morgan fingerprint density at radius 2 is 1.76 bits per heavy atom. The van der Waals surface area contributed by atoms with Crippen LogP contribution in [0.2, 0.25) is 0 Å². The highest BCUT2D eigenvalue weighted by atomic mass is 16.5. The predicted molar refractivity (Wildman–Crippen MR) is 81.0 cm³/mol. The summed E-state index contributed by atoms with van der Waals surface area (Å²) >= 11 is 0. The molecule has 2 rings (SSSR count). The second-order valence-corrected chi connectivity index (χ2v) is 4.23. The van der Waals surface area contributed by atoms with Crippen LogP contribution in [0.3, 0.4) is 0 Å². The van der Waals surface area contributed by atoms with E-state index in [4.69, 9.17) is 9.47 Å². The van der Waals surface area contributed by atoms with Gasteiger partial charge in [0.15, 0.2) is 0 Å². The number of aromatic nitrogens is 1. The first kappa shape index (κ1) is 14.8. The molecule has 1 aromatic heterocycles. The first-order valence-electron chi connectivity index (χ1n) is 6.86. The van der Waals surface area contributed by atoms with Crippen LogP contribution < -0.4 is 14.8 Å². The molecular weight excluding hydrogens is 268 g/mol. The Morgan fingerprint density at radius 3 is 2.29 bits per heavy atom. The molecule has 110 valence electrons. The van der Waals surface area contributed by atoms with E-state index in [1.165, 1.54) is 0 Å². The molecule has 0 spiro atoms. The van der Waals surface area contributed by atoms with Gasteiger partial charge in [-0.05, 0) is 38.1 Å². The maximum absolute atomic E-state index is 12.3. The zero-order valence-corrected chi connectivity index (χ0v) is 12.1. The van der Waals surface area contributed by atoms with E-state index in [-0.39, 0.29) is 5.91 Å². The van der Waals surface area contributed by atoms with Crippen molar-refractivity contribution in [1.29, 1.82) is 0 Å². The third kappa shape index (κ3) is 4.21. The molecule has 1 amide bonds. The molecule has 5 nitrogen and oxygen atoms in total. The van der Waals surface area contributed by atoms with Crippen LogP contribution in [-0.2, 0) is 0 Å². The van der Waals surface area contributed by atoms with Gasteiger partial charge in [-0.2, -0.15) is 0 Å². The normalized spacial score (nSPS) is 10.0. The highest BCUT2D eigenvalue weighted by Gasteiger charge is 2.11. The van der Waals surface area contributed by atoms with Crippen LogP contribution in [0, 0.1) is 0 Å². The molecule has 0 fully saturated rings. The summed E-state index contributed by atoms with van der Waals surface area (Å²) in [7, 11) is 0. The van der Waals surface area contributed by atoms with Crippen LogP contribution >= 0.6 is 0 Å². The molecule has 1 N–H and O–H groups in total. The predicted octanol–water partition coefficient (Wildman–Crippen LogP) is 3.13. The van der Waals surface area contributed by atoms with E-state index >= 15 is 0 Å². The van der Waals surface area contributed by atoms with E-state index in [9.17, 15) is 4.79 Å². The molecular formula is C16H18N2O3. The van der Waals surface area contributed by atoms with Crippen LogP contribution in [0.1, 0.15) is 24.2 Å². The number of hydrogen-bond acceptors (Lipinski definition) is 4. The van der Waals surface area contributed by atoms with Gasteiger partial charge >= 0.3 is 0 Å². The third-order valence-corrected chi connectivity index (χ3v) is 2.67. The Hall–Kier alpha value is -2.56. The van der Waals surface area contributed by atoms with Crippen LogP contribution in [-0.4, -0.2) is 24.1 Å². The fourth-order valence-electron chi connectivity index (χ4n) is 1.83. The first-order chi connectivity index (χ1) is 10.2. The van der Waals surface area contributed by atoms with Crippen molar-refractivity contribution >= 4 is 11.7 Å².